The molecule has 1 saturated heterocycles. The van der Waals surface area contributed by atoms with Crippen molar-refractivity contribution in [3.8, 4) is 21.0 Å². The number of aromatic nitrogens is 2. The Hall–Kier alpha value is -2.37. The van der Waals surface area contributed by atoms with E-state index in [0.717, 1.165) is 39.7 Å². The van der Waals surface area contributed by atoms with E-state index in [1.807, 2.05) is 36.5 Å². The zero-order valence-corrected chi connectivity index (χ0v) is 17.6. The minimum Gasteiger partial charge on any atom is -0.384 e. The maximum atomic E-state index is 5.99. The van der Waals surface area contributed by atoms with Gasteiger partial charge < -0.3 is 10.6 Å². The number of halogens is 1. The molecule has 1 fully saturated rings. The van der Waals surface area contributed by atoms with Gasteiger partial charge in [0.05, 0.1) is 10.6 Å². The monoisotopic (exact) mass is 410 g/mol. The molecular formula is C22H23ClN4S. The Morgan fingerprint density at radius 2 is 1.89 bits per heavy atom. The molecule has 0 saturated carbocycles. The molecule has 3 heterocycles. The van der Waals surface area contributed by atoms with Crippen LogP contribution in [0.4, 0.5) is 5.95 Å². The fourth-order valence-corrected chi connectivity index (χ4v) is 4.77. The topological polar surface area (TPSA) is 49.8 Å². The van der Waals surface area contributed by atoms with E-state index < -0.39 is 0 Å². The van der Waals surface area contributed by atoms with Crippen LogP contribution in [-0.2, 0) is 0 Å². The molecule has 0 bridgehead atoms. The van der Waals surface area contributed by atoms with Gasteiger partial charge in [-0.3, -0.25) is 0 Å². The van der Waals surface area contributed by atoms with Crippen LogP contribution in [0.3, 0.4) is 0 Å². The van der Waals surface area contributed by atoms with Crippen LogP contribution in [0.2, 0.25) is 5.02 Å². The Kier molecular flexibility index (Phi) is 5.13. The number of anilines is 1. The molecule has 3 aromatic rings. The molecule has 6 heteroatoms. The number of thiophene rings is 1. The normalized spacial score (nSPS) is 18.5. The summed E-state index contributed by atoms with van der Waals surface area (Å²) in [7, 11) is 0. The van der Waals surface area contributed by atoms with Crippen molar-refractivity contribution in [1.82, 2.24) is 15.3 Å². The van der Waals surface area contributed by atoms with Crippen LogP contribution < -0.4 is 10.6 Å². The van der Waals surface area contributed by atoms with E-state index in [1.54, 1.807) is 11.3 Å². The smallest absolute Gasteiger partial charge is 0.223 e. The second-order valence-electron chi connectivity index (χ2n) is 7.80. The number of nitrogens with one attached hydrogen (secondary N) is 2. The van der Waals surface area contributed by atoms with Gasteiger partial charge in [0.25, 0.3) is 0 Å². The van der Waals surface area contributed by atoms with E-state index in [0.29, 0.717) is 5.95 Å². The number of rotatable bonds is 4. The molecule has 4 rings (SSSR count). The molecule has 0 radical (unpaired) electrons. The van der Waals surface area contributed by atoms with Crippen molar-refractivity contribution < 1.29 is 0 Å². The van der Waals surface area contributed by atoms with Gasteiger partial charge in [0, 0.05) is 39.8 Å². The van der Waals surface area contributed by atoms with Crippen molar-refractivity contribution in [3.05, 3.63) is 66.0 Å². The van der Waals surface area contributed by atoms with Gasteiger partial charge in [0.1, 0.15) is 0 Å². The lowest BCUT2D eigenvalue weighted by Gasteiger charge is -2.38. The highest BCUT2D eigenvalue weighted by molar-refractivity contribution is 7.18. The van der Waals surface area contributed by atoms with Gasteiger partial charge in [0.2, 0.25) is 5.95 Å². The van der Waals surface area contributed by atoms with Crippen LogP contribution in [0.5, 0.6) is 0 Å². The maximum Gasteiger partial charge on any atom is 0.223 e. The van der Waals surface area contributed by atoms with Crippen molar-refractivity contribution in [2.75, 3.05) is 5.32 Å². The summed E-state index contributed by atoms with van der Waals surface area (Å²) in [5.74, 6) is 0.662. The second-order valence-corrected chi connectivity index (χ2v) is 9.32. The highest BCUT2D eigenvalue weighted by atomic mass is 35.5. The van der Waals surface area contributed by atoms with Gasteiger partial charge in [-0.15, -0.1) is 11.3 Å². The fraction of sp³-hybridized carbons (Fsp3) is 0.273. The van der Waals surface area contributed by atoms with Crippen LogP contribution in [0.25, 0.3) is 21.0 Å². The number of hydrogen-bond acceptors (Lipinski definition) is 5. The molecule has 144 valence electrons. The first-order valence-corrected chi connectivity index (χ1v) is 10.5. The van der Waals surface area contributed by atoms with Crippen molar-refractivity contribution in [1.29, 1.82) is 0 Å². The predicted molar refractivity (Wildman–Crippen MR) is 119 cm³/mol. The predicted octanol–water partition coefficient (Wildman–Crippen LogP) is 5.98. The van der Waals surface area contributed by atoms with Crippen LogP contribution in [0, 0.1) is 0 Å². The molecule has 0 amide bonds. The summed E-state index contributed by atoms with van der Waals surface area (Å²) < 4.78 is 0. The third-order valence-electron chi connectivity index (χ3n) is 4.74. The average Bonchev–Trinajstić information content (AvgIpc) is 3.11. The SMILES string of the molecule is C=C1CC(Nc2nccc(-c3ccc(-c4ccc(Cl)cc4)s3)n2)CC(C)(C)N1. The van der Waals surface area contributed by atoms with E-state index in [4.69, 9.17) is 16.6 Å². The first-order chi connectivity index (χ1) is 13.4. The molecule has 0 aliphatic carbocycles. The Morgan fingerprint density at radius 1 is 1.14 bits per heavy atom. The number of benzene rings is 1. The number of piperidine rings is 1. The van der Waals surface area contributed by atoms with E-state index in [9.17, 15) is 0 Å². The molecule has 4 nitrogen and oxygen atoms in total. The Bertz CT molecular complexity index is 994. The summed E-state index contributed by atoms with van der Waals surface area (Å²) in [5.41, 5.74) is 3.15. The van der Waals surface area contributed by atoms with E-state index in [-0.39, 0.29) is 11.6 Å². The van der Waals surface area contributed by atoms with E-state index >= 15 is 0 Å². The maximum absolute atomic E-state index is 5.99. The number of nitrogens with zero attached hydrogens (tertiary/aromatic N) is 2. The summed E-state index contributed by atoms with van der Waals surface area (Å²) in [4.78, 5) is 11.5. The average molecular weight is 411 g/mol. The van der Waals surface area contributed by atoms with Gasteiger partial charge in [0.15, 0.2) is 0 Å². The van der Waals surface area contributed by atoms with Crippen molar-refractivity contribution in [3.63, 3.8) is 0 Å². The zero-order chi connectivity index (χ0) is 19.7. The van der Waals surface area contributed by atoms with Gasteiger partial charge in [-0.2, -0.15) is 0 Å². The van der Waals surface area contributed by atoms with Crippen molar-refractivity contribution in [2.45, 2.75) is 38.3 Å². The standard InChI is InChI=1S/C22H23ClN4S/c1-14-12-17(13-22(2,3)27-14)25-21-24-11-10-18(26-21)20-9-8-19(28-20)15-4-6-16(23)7-5-15/h4-11,17,27H,1,12-13H2,2-3H3,(H,24,25,26). The molecule has 1 unspecified atom stereocenters. The van der Waals surface area contributed by atoms with E-state index in [1.165, 1.54) is 4.88 Å². The molecule has 2 aromatic heterocycles. The molecular weight excluding hydrogens is 388 g/mol. The summed E-state index contributed by atoms with van der Waals surface area (Å²) in [5, 5.41) is 7.68. The Balaban J connectivity index is 1.53. The van der Waals surface area contributed by atoms with E-state index in [2.05, 4.69) is 48.2 Å². The van der Waals surface area contributed by atoms with Gasteiger partial charge >= 0.3 is 0 Å². The van der Waals surface area contributed by atoms with Crippen LogP contribution in [-0.4, -0.2) is 21.5 Å². The van der Waals surface area contributed by atoms with Crippen LogP contribution in [0.1, 0.15) is 26.7 Å². The van der Waals surface area contributed by atoms with Crippen LogP contribution in [0.15, 0.2) is 60.9 Å². The lowest BCUT2D eigenvalue weighted by Crippen LogP contribution is -2.48. The van der Waals surface area contributed by atoms with Crippen LogP contribution >= 0.6 is 22.9 Å². The largest absolute Gasteiger partial charge is 0.384 e. The minimum atomic E-state index is 0.0197. The quantitative estimate of drug-likeness (QED) is 0.555. The minimum absolute atomic E-state index is 0.0197. The zero-order valence-electron chi connectivity index (χ0n) is 16.0. The van der Waals surface area contributed by atoms with Gasteiger partial charge in [-0.05, 0) is 56.2 Å². The van der Waals surface area contributed by atoms with Gasteiger partial charge in [-0.1, -0.05) is 30.3 Å². The highest BCUT2D eigenvalue weighted by Crippen LogP contribution is 2.34. The summed E-state index contributed by atoms with van der Waals surface area (Å²) >= 11 is 7.71. The summed E-state index contributed by atoms with van der Waals surface area (Å²) in [6, 6.07) is 14.4. The highest BCUT2D eigenvalue weighted by Gasteiger charge is 2.29. The van der Waals surface area contributed by atoms with Crippen molar-refractivity contribution in [2.24, 2.45) is 0 Å². The van der Waals surface area contributed by atoms with Crippen molar-refractivity contribution >= 4 is 28.9 Å². The molecule has 0 spiro atoms. The molecule has 2 N–H and O–H groups in total. The molecule has 1 aliphatic heterocycles. The first kappa shape index (κ1) is 19.0. The molecule has 28 heavy (non-hydrogen) atoms. The van der Waals surface area contributed by atoms with Gasteiger partial charge in [-0.25, -0.2) is 9.97 Å². The fourth-order valence-electron chi connectivity index (χ4n) is 3.66. The first-order valence-electron chi connectivity index (χ1n) is 9.30. The lowest BCUT2D eigenvalue weighted by molar-refractivity contribution is 0.324. The number of hydrogen-bond donors (Lipinski definition) is 2. The lowest BCUT2D eigenvalue weighted by atomic mass is 9.88. The summed E-state index contributed by atoms with van der Waals surface area (Å²) in [6.45, 7) is 8.48. The molecule has 1 aliphatic rings. The molecule has 1 atom stereocenters. The second kappa shape index (κ2) is 7.57. The third kappa shape index (κ3) is 4.37. The Morgan fingerprint density at radius 3 is 2.64 bits per heavy atom. The Labute approximate surface area is 174 Å². The third-order valence-corrected chi connectivity index (χ3v) is 6.15. The summed E-state index contributed by atoms with van der Waals surface area (Å²) in [6.07, 6.45) is 3.67. The molecule has 1 aromatic carbocycles.